The van der Waals surface area contributed by atoms with Crippen LogP contribution in [0, 0.1) is 0 Å². The molecule has 0 amide bonds. The zero-order valence-electron chi connectivity index (χ0n) is 10.9. The van der Waals surface area contributed by atoms with E-state index in [0.717, 1.165) is 0 Å². The molecule has 2 atom stereocenters. The fraction of sp³-hybridized carbons (Fsp3) is 0.500. The van der Waals surface area contributed by atoms with Gasteiger partial charge in [-0.05, 0) is 0 Å². The molecule has 2 aromatic rings. The molecule has 1 aliphatic heterocycles. The van der Waals surface area contributed by atoms with E-state index < -0.39 is 20.0 Å². The summed E-state index contributed by atoms with van der Waals surface area (Å²) in [6, 6.07) is 0. The number of ether oxygens (including phenoxy) is 2. The summed E-state index contributed by atoms with van der Waals surface area (Å²) < 4.78 is 23.3. The summed E-state index contributed by atoms with van der Waals surface area (Å²) in [6.45, 7) is 0.634. The van der Waals surface area contributed by atoms with Crippen LogP contribution in [0.3, 0.4) is 0 Å². The molecule has 0 spiro atoms. The van der Waals surface area contributed by atoms with Crippen molar-refractivity contribution in [3.8, 4) is 0 Å². The van der Waals surface area contributed by atoms with Gasteiger partial charge in [-0.1, -0.05) is 0 Å². The van der Waals surface area contributed by atoms with Gasteiger partial charge in [0.1, 0.15) is 24.1 Å². The molecule has 3 rings (SSSR count). The number of nitrogens with two attached hydrogens (primary N) is 1. The first-order chi connectivity index (χ1) is 9.92. The maximum absolute atomic E-state index is 10.9. The molecule has 114 valence electrons. The number of hydrogen-bond acceptors (Lipinski definition) is 7. The highest BCUT2D eigenvalue weighted by atomic mass is 31.2. The van der Waals surface area contributed by atoms with Gasteiger partial charge < -0.3 is 29.6 Å². The number of nitrogen functional groups attached to an aromatic ring is 1. The van der Waals surface area contributed by atoms with Gasteiger partial charge in [-0.15, -0.1) is 0 Å². The quantitative estimate of drug-likeness (QED) is 0.625. The molecule has 3 heterocycles. The molecule has 0 bridgehead atoms. The van der Waals surface area contributed by atoms with Crippen molar-refractivity contribution < 1.29 is 23.8 Å². The van der Waals surface area contributed by atoms with E-state index in [2.05, 4.69) is 15.0 Å². The van der Waals surface area contributed by atoms with Crippen molar-refractivity contribution in [1.29, 1.82) is 0 Å². The van der Waals surface area contributed by atoms with Crippen LogP contribution in [-0.4, -0.2) is 54.5 Å². The Bertz CT molecular complexity index is 700. The number of aromatic nitrogens is 4. The minimum atomic E-state index is -4.16. The predicted octanol–water partition coefficient (Wildman–Crippen LogP) is -0.672. The van der Waals surface area contributed by atoms with Gasteiger partial charge in [0.2, 0.25) is 0 Å². The third kappa shape index (κ3) is 3.20. The van der Waals surface area contributed by atoms with Crippen LogP contribution in [0.5, 0.6) is 0 Å². The topological polar surface area (TPSA) is 146 Å². The van der Waals surface area contributed by atoms with Crippen molar-refractivity contribution in [1.82, 2.24) is 19.5 Å². The lowest BCUT2D eigenvalue weighted by molar-refractivity contribution is -0.0442. The summed E-state index contributed by atoms with van der Waals surface area (Å²) in [6.07, 6.45) is 1.22. The molecular weight excluding hydrogens is 301 g/mol. The second kappa shape index (κ2) is 5.32. The SMILES string of the molecule is Nc1ncnc2c1ncn2CC1COC(CP(=O)(O)O)O1. The van der Waals surface area contributed by atoms with Crippen LogP contribution >= 0.6 is 7.60 Å². The monoisotopic (exact) mass is 315 g/mol. The second-order valence-electron chi connectivity index (χ2n) is 4.70. The second-order valence-corrected chi connectivity index (χ2v) is 6.39. The van der Waals surface area contributed by atoms with Crippen molar-refractivity contribution in [2.45, 2.75) is 18.9 Å². The normalized spacial score (nSPS) is 23.0. The largest absolute Gasteiger partial charge is 0.382 e. The fourth-order valence-corrected chi connectivity index (χ4v) is 2.73. The molecule has 1 saturated heterocycles. The molecule has 2 unspecified atom stereocenters. The number of rotatable bonds is 4. The van der Waals surface area contributed by atoms with E-state index in [9.17, 15) is 4.57 Å². The smallest absolute Gasteiger partial charge is 0.330 e. The molecule has 1 fully saturated rings. The van der Waals surface area contributed by atoms with Crippen molar-refractivity contribution in [3.05, 3.63) is 12.7 Å². The summed E-state index contributed by atoms with van der Waals surface area (Å²) in [5.74, 6) is 0.293. The zero-order valence-corrected chi connectivity index (χ0v) is 11.8. The predicted molar refractivity (Wildman–Crippen MR) is 71.3 cm³/mol. The Labute approximate surface area is 119 Å². The highest BCUT2D eigenvalue weighted by Crippen LogP contribution is 2.37. The number of fused-ring (bicyclic) bond motifs is 1. The molecule has 10 nitrogen and oxygen atoms in total. The lowest BCUT2D eigenvalue weighted by atomic mass is 10.4. The minimum absolute atomic E-state index is 0.241. The molecule has 2 aromatic heterocycles. The Morgan fingerprint density at radius 1 is 1.43 bits per heavy atom. The van der Waals surface area contributed by atoms with Crippen molar-refractivity contribution in [2.24, 2.45) is 0 Å². The van der Waals surface area contributed by atoms with E-state index in [1.807, 2.05) is 0 Å². The summed E-state index contributed by atoms with van der Waals surface area (Å²) in [5, 5.41) is 0. The van der Waals surface area contributed by atoms with Crippen LogP contribution < -0.4 is 5.73 Å². The molecule has 0 aromatic carbocycles. The first-order valence-electron chi connectivity index (χ1n) is 6.15. The maximum atomic E-state index is 10.9. The minimum Gasteiger partial charge on any atom is -0.382 e. The van der Waals surface area contributed by atoms with Gasteiger partial charge in [0.15, 0.2) is 17.8 Å². The van der Waals surface area contributed by atoms with Crippen LogP contribution in [0.4, 0.5) is 5.82 Å². The molecule has 0 radical (unpaired) electrons. The van der Waals surface area contributed by atoms with Crippen LogP contribution in [0.2, 0.25) is 0 Å². The highest BCUT2D eigenvalue weighted by Gasteiger charge is 2.32. The van der Waals surface area contributed by atoms with E-state index in [4.69, 9.17) is 25.0 Å². The summed E-state index contributed by atoms with van der Waals surface area (Å²) in [4.78, 5) is 29.9. The Kier molecular flexibility index (Phi) is 3.64. The van der Waals surface area contributed by atoms with Gasteiger partial charge in [0.05, 0.1) is 19.5 Å². The highest BCUT2D eigenvalue weighted by molar-refractivity contribution is 7.51. The zero-order chi connectivity index (χ0) is 15.0. The first kappa shape index (κ1) is 14.4. The van der Waals surface area contributed by atoms with E-state index in [-0.39, 0.29) is 12.7 Å². The van der Waals surface area contributed by atoms with E-state index in [1.54, 1.807) is 10.9 Å². The Morgan fingerprint density at radius 2 is 2.24 bits per heavy atom. The maximum Gasteiger partial charge on any atom is 0.330 e. The van der Waals surface area contributed by atoms with Gasteiger partial charge in [-0.25, -0.2) is 15.0 Å². The Morgan fingerprint density at radius 3 is 3.00 bits per heavy atom. The van der Waals surface area contributed by atoms with Gasteiger partial charge in [0, 0.05) is 0 Å². The van der Waals surface area contributed by atoms with E-state index >= 15 is 0 Å². The lowest BCUT2D eigenvalue weighted by Gasteiger charge is -2.12. The number of hydrogen-bond donors (Lipinski definition) is 3. The van der Waals surface area contributed by atoms with Gasteiger partial charge >= 0.3 is 7.60 Å². The summed E-state index contributed by atoms with van der Waals surface area (Å²) in [5.41, 5.74) is 6.78. The van der Waals surface area contributed by atoms with Crippen LogP contribution in [-0.2, 0) is 20.6 Å². The molecule has 0 saturated carbocycles. The van der Waals surface area contributed by atoms with Crippen molar-refractivity contribution >= 4 is 24.6 Å². The molecule has 11 heteroatoms. The number of nitrogens with zero attached hydrogens (tertiary/aromatic N) is 4. The molecule has 4 N–H and O–H groups in total. The fourth-order valence-electron chi connectivity index (χ4n) is 2.15. The van der Waals surface area contributed by atoms with E-state index in [0.29, 0.717) is 23.5 Å². The third-order valence-corrected chi connectivity index (χ3v) is 3.80. The van der Waals surface area contributed by atoms with Crippen molar-refractivity contribution in [2.75, 3.05) is 18.5 Å². The summed E-state index contributed by atoms with van der Waals surface area (Å²) in [7, 11) is -4.16. The van der Waals surface area contributed by atoms with Crippen LogP contribution in [0.15, 0.2) is 12.7 Å². The number of anilines is 1. The standard InChI is InChI=1S/C10H14N5O5P/c11-9-8-10(13-4-12-9)15(5-14-8)1-6-2-19-7(20-6)3-21(16,17)18/h4-7H,1-3H2,(H2,11,12,13)(H2,16,17,18). The Hall–Kier alpha value is -1.58. The van der Waals surface area contributed by atoms with Crippen molar-refractivity contribution in [3.63, 3.8) is 0 Å². The lowest BCUT2D eigenvalue weighted by Crippen LogP contribution is -2.20. The van der Waals surface area contributed by atoms with Gasteiger partial charge in [0.25, 0.3) is 0 Å². The summed E-state index contributed by atoms with van der Waals surface area (Å²) >= 11 is 0. The number of imidazole rings is 1. The van der Waals surface area contributed by atoms with Crippen LogP contribution in [0.25, 0.3) is 11.2 Å². The average Bonchev–Trinajstić information content (AvgIpc) is 2.97. The average molecular weight is 315 g/mol. The molecule has 21 heavy (non-hydrogen) atoms. The third-order valence-electron chi connectivity index (χ3n) is 3.03. The molecule has 0 aliphatic carbocycles. The first-order valence-corrected chi connectivity index (χ1v) is 7.95. The molecular formula is C10H14N5O5P. The Balaban J connectivity index is 1.70. The van der Waals surface area contributed by atoms with E-state index in [1.165, 1.54) is 6.33 Å². The van der Waals surface area contributed by atoms with Gasteiger partial charge in [-0.3, -0.25) is 4.57 Å². The molecule has 1 aliphatic rings. The van der Waals surface area contributed by atoms with Gasteiger partial charge in [-0.2, -0.15) is 0 Å². The van der Waals surface area contributed by atoms with Crippen LogP contribution in [0.1, 0.15) is 0 Å².